The summed E-state index contributed by atoms with van der Waals surface area (Å²) in [5.41, 5.74) is 2.85. The van der Waals surface area contributed by atoms with Crippen LogP contribution in [-0.4, -0.2) is 28.9 Å². The van der Waals surface area contributed by atoms with Crippen molar-refractivity contribution in [1.82, 2.24) is 4.72 Å². The van der Waals surface area contributed by atoms with E-state index >= 15 is 0 Å². The molecule has 0 saturated carbocycles. The Morgan fingerprint density at radius 1 is 1.08 bits per heavy atom. The van der Waals surface area contributed by atoms with Crippen molar-refractivity contribution in [1.29, 1.82) is 0 Å². The zero-order valence-corrected chi connectivity index (χ0v) is 15.3. The summed E-state index contributed by atoms with van der Waals surface area (Å²) < 4.78 is 43.7. The lowest BCUT2D eigenvalue weighted by Crippen LogP contribution is -2.26. The van der Waals surface area contributed by atoms with Gasteiger partial charge in [-0.25, -0.2) is 13.1 Å². The van der Waals surface area contributed by atoms with Crippen molar-refractivity contribution in [3.8, 4) is 17.2 Å². The Hall–Kier alpha value is -2.25. The molecule has 0 amide bonds. The Kier molecular flexibility index (Phi) is 4.87. The van der Waals surface area contributed by atoms with Crippen LogP contribution in [0.5, 0.6) is 17.2 Å². The van der Waals surface area contributed by atoms with E-state index in [2.05, 4.69) is 4.72 Å². The molecule has 3 rings (SSSR count). The molecule has 0 bridgehead atoms. The van der Waals surface area contributed by atoms with E-state index < -0.39 is 10.0 Å². The van der Waals surface area contributed by atoms with Crippen molar-refractivity contribution in [2.75, 3.05) is 20.4 Å². The third-order valence-corrected chi connectivity index (χ3v) is 5.69. The van der Waals surface area contributed by atoms with Gasteiger partial charge in [-0.2, -0.15) is 0 Å². The van der Waals surface area contributed by atoms with Gasteiger partial charge in [0.2, 0.25) is 16.8 Å². The zero-order chi connectivity index (χ0) is 18.0. The van der Waals surface area contributed by atoms with Gasteiger partial charge in [-0.1, -0.05) is 6.07 Å². The Labute approximate surface area is 147 Å². The van der Waals surface area contributed by atoms with Crippen molar-refractivity contribution in [2.45, 2.75) is 25.2 Å². The van der Waals surface area contributed by atoms with Crippen LogP contribution in [0.3, 0.4) is 0 Å². The standard InChI is InChI=1S/C18H21NO5S/c1-12-8-17(22-3)18(9-13(12)2)25(20,21)19-7-6-14-4-5-15-16(10-14)24-11-23-15/h4-5,8-10,19H,6-7,11H2,1-3H3. The average Bonchev–Trinajstić information content (AvgIpc) is 3.04. The number of hydrogen-bond donors (Lipinski definition) is 1. The molecule has 1 aliphatic heterocycles. The van der Waals surface area contributed by atoms with Crippen molar-refractivity contribution < 1.29 is 22.6 Å². The highest BCUT2D eigenvalue weighted by atomic mass is 32.2. The second-order valence-electron chi connectivity index (χ2n) is 5.92. The van der Waals surface area contributed by atoms with E-state index in [0.29, 0.717) is 23.7 Å². The van der Waals surface area contributed by atoms with Crippen LogP contribution in [0.25, 0.3) is 0 Å². The maximum atomic E-state index is 12.6. The van der Waals surface area contributed by atoms with Crippen LogP contribution in [0, 0.1) is 13.8 Å². The van der Waals surface area contributed by atoms with E-state index in [9.17, 15) is 8.42 Å². The first kappa shape index (κ1) is 17.6. The Balaban J connectivity index is 1.71. The molecular formula is C18H21NO5S. The molecule has 0 radical (unpaired) electrons. The lowest BCUT2D eigenvalue weighted by Gasteiger charge is -2.13. The summed E-state index contributed by atoms with van der Waals surface area (Å²) in [6.07, 6.45) is 0.545. The molecule has 0 aliphatic carbocycles. The van der Waals surface area contributed by atoms with Crippen LogP contribution < -0.4 is 18.9 Å². The number of aryl methyl sites for hydroxylation is 2. The number of sulfonamides is 1. The number of nitrogens with one attached hydrogen (secondary N) is 1. The van der Waals surface area contributed by atoms with Crippen LogP contribution in [0.4, 0.5) is 0 Å². The number of rotatable bonds is 6. The fraction of sp³-hybridized carbons (Fsp3) is 0.333. The van der Waals surface area contributed by atoms with Gasteiger partial charge in [-0.3, -0.25) is 0 Å². The quantitative estimate of drug-likeness (QED) is 0.854. The van der Waals surface area contributed by atoms with Crippen LogP contribution in [0.2, 0.25) is 0 Å². The van der Waals surface area contributed by atoms with Crippen molar-refractivity contribution >= 4 is 10.0 Å². The normalized spacial score (nSPS) is 13.1. The second kappa shape index (κ2) is 6.93. The summed E-state index contributed by atoms with van der Waals surface area (Å²) in [6, 6.07) is 8.98. The van der Waals surface area contributed by atoms with E-state index in [0.717, 1.165) is 16.7 Å². The number of ether oxygens (including phenoxy) is 3. The maximum absolute atomic E-state index is 12.6. The minimum Gasteiger partial charge on any atom is -0.495 e. The highest BCUT2D eigenvalue weighted by Crippen LogP contribution is 2.32. The van der Waals surface area contributed by atoms with Gasteiger partial charge in [-0.15, -0.1) is 0 Å². The molecule has 7 heteroatoms. The number of methoxy groups -OCH3 is 1. The van der Waals surface area contributed by atoms with Crippen LogP contribution in [0.1, 0.15) is 16.7 Å². The van der Waals surface area contributed by atoms with Crippen LogP contribution in [-0.2, 0) is 16.4 Å². The summed E-state index contributed by atoms with van der Waals surface area (Å²) in [5, 5.41) is 0. The second-order valence-corrected chi connectivity index (χ2v) is 7.66. The first-order valence-electron chi connectivity index (χ1n) is 7.94. The first-order valence-corrected chi connectivity index (χ1v) is 9.42. The smallest absolute Gasteiger partial charge is 0.244 e. The summed E-state index contributed by atoms with van der Waals surface area (Å²) in [4.78, 5) is 0.156. The van der Waals surface area contributed by atoms with E-state index in [1.807, 2.05) is 32.0 Å². The van der Waals surface area contributed by atoms with Gasteiger partial charge >= 0.3 is 0 Å². The van der Waals surface area contributed by atoms with Gasteiger partial charge in [0, 0.05) is 6.54 Å². The molecule has 0 unspecified atom stereocenters. The number of benzene rings is 2. The van der Waals surface area contributed by atoms with Crippen molar-refractivity contribution in [3.63, 3.8) is 0 Å². The van der Waals surface area contributed by atoms with Gasteiger partial charge in [0.15, 0.2) is 11.5 Å². The number of fused-ring (bicyclic) bond motifs is 1. The van der Waals surface area contributed by atoms with Gasteiger partial charge in [0.1, 0.15) is 10.6 Å². The molecule has 2 aromatic rings. The lowest BCUT2D eigenvalue weighted by molar-refractivity contribution is 0.174. The Bertz CT molecular complexity index is 893. The van der Waals surface area contributed by atoms with Crippen molar-refractivity contribution in [3.05, 3.63) is 47.0 Å². The van der Waals surface area contributed by atoms with E-state index in [4.69, 9.17) is 14.2 Å². The molecule has 0 atom stereocenters. The number of hydrogen-bond acceptors (Lipinski definition) is 5. The minimum atomic E-state index is -3.65. The van der Waals surface area contributed by atoms with E-state index in [1.165, 1.54) is 7.11 Å². The van der Waals surface area contributed by atoms with Crippen LogP contribution in [0.15, 0.2) is 35.2 Å². The maximum Gasteiger partial charge on any atom is 0.244 e. The zero-order valence-electron chi connectivity index (χ0n) is 14.5. The third kappa shape index (κ3) is 3.72. The average molecular weight is 363 g/mol. The fourth-order valence-corrected chi connectivity index (χ4v) is 3.90. The van der Waals surface area contributed by atoms with E-state index in [-0.39, 0.29) is 18.2 Å². The molecule has 1 aliphatic rings. The molecule has 25 heavy (non-hydrogen) atoms. The van der Waals surface area contributed by atoms with Gasteiger partial charge in [0.25, 0.3) is 0 Å². The molecule has 1 heterocycles. The monoisotopic (exact) mass is 363 g/mol. The van der Waals surface area contributed by atoms with Gasteiger partial charge in [0.05, 0.1) is 7.11 Å². The lowest BCUT2D eigenvalue weighted by atomic mass is 10.1. The largest absolute Gasteiger partial charge is 0.495 e. The predicted octanol–water partition coefficient (Wildman–Crippen LogP) is 2.56. The Morgan fingerprint density at radius 2 is 1.80 bits per heavy atom. The van der Waals surface area contributed by atoms with E-state index in [1.54, 1.807) is 12.1 Å². The predicted molar refractivity (Wildman–Crippen MR) is 93.9 cm³/mol. The summed E-state index contributed by atoms with van der Waals surface area (Å²) in [7, 11) is -2.19. The SMILES string of the molecule is COc1cc(C)c(C)cc1S(=O)(=O)NCCc1ccc2c(c1)OCO2. The highest BCUT2D eigenvalue weighted by Gasteiger charge is 2.20. The third-order valence-electron chi connectivity index (χ3n) is 4.21. The first-order chi connectivity index (χ1) is 11.9. The topological polar surface area (TPSA) is 73.9 Å². The molecule has 0 fully saturated rings. The van der Waals surface area contributed by atoms with Crippen LogP contribution >= 0.6 is 0 Å². The molecule has 6 nitrogen and oxygen atoms in total. The fourth-order valence-electron chi connectivity index (χ4n) is 2.64. The molecular weight excluding hydrogens is 342 g/mol. The molecule has 134 valence electrons. The molecule has 0 spiro atoms. The van der Waals surface area contributed by atoms with Gasteiger partial charge in [-0.05, 0) is 61.2 Å². The molecule has 0 aromatic heterocycles. The highest BCUT2D eigenvalue weighted by molar-refractivity contribution is 7.89. The Morgan fingerprint density at radius 3 is 2.56 bits per heavy atom. The minimum absolute atomic E-state index is 0.156. The molecule has 1 N–H and O–H groups in total. The molecule has 2 aromatic carbocycles. The van der Waals surface area contributed by atoms with Gasteiger partial charge < -0.3 is 14.2 Å². The van der Waals surface area contributed by atoms with Crippen molar-refractivity contribution in [2.24, 2.45) is 0 Å². The molecule has 0 saturated heterocycles. The summed E-state index contributed by atoms with van der Waals surface area (Å²) in [5.74, 6) is 1.75. The summed E-state index contributed by atoms with van der Waals surface area (Å²) in [6.45, 7) is 4.29. The summed E-state index contributed by atoms with van der Waals surface area (Å²) >= 11 is 0.